The first kappa shape index (κ1) is 23.5. The Morgan fingerprint density at radius 1 is 1.03 bits per heavy atom. The monoisotopic (exact) mass is 471 g/mol. The molecule has 6 heteroatoms. The molecule has 0 unspecified atom stereocenters. The topological polar surface area (TPSA) is 64.6 Å². The molecule has 0 bridgehead atoms. The Morgan fingerprint density at radius 2 is 1.77 bits per heavy atom. The van der Waals surface area contributed by atoms with Gasteiger partial charge in [-0.15, -0.1) is 0 Å². The second-order valence-corrected chi connectivity index (χ2v) is 9.77. The Balaban J connectivity index is 1.41. The number of piperidine rings is 1. The fraction of sp³-hybridized carbons (Fsp3) is 0.414. The van der Waals surface area contributed by atoms with Gasteiger partial charge in [0, 0.05) is 44.6 Å². The Morgan fingerprint density at radius 3 is 2.54 bits per heavy atom. The molecule has 6 nitrogen and oxygen atoms in total. The third-order valence-corrected chi connectivity index (χ3v) is 7.45. The van der Waals surface area contributed by atoms with Crippen molar-refractivity contribution in [1.29, 1.82) is 0 Å². The summed E-state index contributed by atoms with van der Waals surface area (Å²) >= 11 is 0. The SMILES string of the molecule is Cc1ccc(C2(C(=O)N3CCC[C@H](c4nccnc4Oc4ccccc4C)C3)CCOCC2)cc1. The molecule has 2 aliphatic heterocycles. The first-order valence-electron chi connectivity index (χ1n) is 12.6. The smallest absolute Gasteiger partial charge is 0.241 e. The van der Waals surface area contributed by atoms with Gasteiger partial charge in [-0.2, -0.15) is 0 Å². The number of nitrogens with zero attached hydrogens (tertiary/aromatic N) is 3. The number of rotatable bonds is 5. The lowest BCUT2D eigenvalue weighted by atomic mass is 9.72. The van der Waals surface area contributed by atoms with Crippen LogP contribution in [0, 0.1) is 13.8 Å². The zero-order chi connectivity index (χ0) is 24.3. The normalized spacial score (nSPS) is 19.8. The predicted molar refractivity (Wildman–Crippen MR) is 135 cm³/mol. The van der Waals surface area contributed by atoms with E-state index in [0.29, 0.717) is 38.5 Å². The van der Waals surface area contributed by atoms with Crippen molar-refractivity contribution in [3.05, 3.63) is 83.3 Å². The minimum atomic E-state index is -0.531. The van der Waals surface area contributed by atoms with E-state index in [4.69, 9.17) is 9.47 Å². The molecule has 0 aliphatic carbocycles. The van der Waals surface area contributed by atoms with Gasteiger partial charge in [-0.05, 0) is 56.7 Å². The van der Waals surface area contributed by atoms with E-state index >= 15 is 0 Å². The number of hydrogen-bond donors (Lipinski definition) is 0. The summed E-state index contributed by atoms with van der Waals surface area (Å²) in [5, 5.41) is 0. The second-order valence-electron chi connectivity index (χ2n) is 9.77. The second kappa shape index (κ2) is 10.2. The van der Waals surface area contributed by atoms with Gasteiger partial charge in [0.2, 0.25) is 11.8 Å². The molecule has 1 amide bonds. The van der Waals surface area contributed by atoms with Crippen LogP contribution in [-0.4, -0.2) is 47.1 Å². The Bertz CT molecular complexity index is 1170. The lowest BCUT2D eigenvalue weighted by Crippen LogP contribution is -2.52. The first-order chi connectivity index (χ1) is 17.1. The summed E-state index contributed by atoms with van der Waals surface area (Å²) in [6, 6.07) is 16.4. The van der Waals surface area contributed by atoms with Crippen molar-refractivity contribution < 1.29 is 14.3 Å². The number of benzene rings is 2. The van der Waals surface area contributed by atoms with Crippen molar-refractivity contribution in [1.82, 2.24) is 14.9 Å². The highest BCUT2D eigenvalue weighted by molar-refractivity contribution is 5.88. The molecular weight excluding hydrogens is 438 g/mol. The summed E-state index contributed by atoms with van der Waals surface area (Å²) in [4.78, 5) is 25.4. The number of amides is 1. The summed E-state index contributed by atoms with van der Waals surface area (Å²) in [7, 11) is 0. The third-order valence-electron chi connectivity index (χ3n) is 7.45. The summed E-state index contributed by atoms with van der Waals surface area (Å²) in [6.45, 7) is 6.69. The molecule has 2 aliphatic rings. The molecule has 3 heterocycles. The molecule has 2 fully saturated rings. The lowest BCUT2D eigenvalue weighted by molar-refractivity contribution is -0.142. The van der Waals surface area contributed by atoms with E-state index in [1.165, 1.54) is 5.56 Å². The number of aryl methyl sites for hydroxylation is 2. The van der Waals surface area contributed by atoms with E-state index in [0.717, 1.165) is 42.0 Å². The fourth-order valence-electron chi connectivity index (χ4n) is 5.38. The Labute approximate surface area is 207 Å². The number of likely N-dealkylation sites (tertiary alicyclic amines) is 1. The van der Waals surface area contributed by atoms with Crippen LogP contribution in [0.3, 0.4) is 0 Å². The van der Waals surface area contributed by atoms with Crippen molar-refractivity contribution in [2.24, 2.45) is 0 Å². The first-order valence-corrected chi connectivity index (χ1v) is 12.6. The highest BCUT2D eigenvalue weighted by atomic mass is 16.5. The number of carbonyl (C=O) groups excluding carboxylic acids is 1. The van der Waals surface area contributed by atoms with E-state index in [-0.39, 0.29) is 11.8 Å². The summed E-state index contributed by atoms with van der Waals surface area (Å²) in [5.41, 5.74) is 3.64. The van der Waals surface area contributed by atoms with Crippen molar-refractivity contribution >= 4 is 5.91 Å². The Kier molecular flexibility index (Phi) is 6.82. The highest BCUT2D eigenvalue weighted by Crippen LogP contribution is 2.40. The number of carbonyl (C=O) groups is 1. The van der Waals surface area contributed by atoms with Crippen LogP contribution in [0.4, 0.5) is 0 Å². The van der Waals surface area contributed by atoms with Gasteiger partial charge in [0.25, 0.3) is 0 Å². The summed E-state index contributed by atoms with van der Waals surface area (Å²) in [6.07, 6.45) is 6.68. The molecule has 0 spiro atoms. The number of aromatic nitrogens is 2. The minimum Gasteiger partial charge on any atom is -0.437 e. The van der Waals surface area contributed by atoms with E-state index < -0.39 is 5.41 Å². The van der Waals surface area contributed by atoms with Gasteiger partial charge in [-0.3, -0.25) is 9.78 Å². The number of hydrogen-bond acceptors (Lipinski definition) is 5. The molecule has 1 atom stereocenters. The number of ether oxygens (including phenoxy) is 2. The zero-order valence-electron chi connectivity index (χ0n) is 20.6. The fourth-order valence-corrected chi connectivity index (χ4v) is 5.38. The maximum absolute atomic E-state index is 14.2. The van der Waals surface area contributed by atoms with Crippen LogP contribution in [-0.2, 0) is 14.9 Å². The minimum absolute atomic E-state index is 0.0790. The molecular formula is C29H33N3O3. The number of para-hydroxylation sites is 1. The molecule has 3 aromatic rings. The van der Waals surface area contributed by atoms with Crippen LogP contribution in [0.5, 0.6) is 11.6 Å². The molecule has 2 aromatic carbocycles. The van der Waals surface area contributed by atoms with Gasteiger partial charge in [0.1, 0.15) is 11.4 Å². The van der Waals surface area contributed by atoms with Crippen LogP contribution in [0.2, 0.25) is 0 Å². The van der Waals surface area contributed by atoms with Crippen LogP contribution < -0.4 is 4.74 Å². The maximum Gasteiger partial charge on any atom is 0.241 e. The lowest BCUT2D eigenvalue weighted by Gasteiger charge is -2.42. The molecule has 35 heavy (non-hydrogen) atoms. The average molecular weight is 472 g/mol. The van der Waals surface area contributed by atoms with E-state index in [1.807, 2.05) is 36.1 Å². The molecule has 0 N–H and O–H groups in total. The quantitative estimate of drug-likeness (QED) is 0.503. The zero-order valence-corrected chi connectivity index (χ0v) is 20.6. The predicted octanol–water partition coefficient (Wildman–Crippen LogP) is 5.34. The van der Waals surface area contributed by atoms with E-state index in [1.54, 1.807) is 12.4 Å². The maximum atomic E-state index is 14.2. The van der Waals surface area contributed by atoms with Gasteiger partial charge >= 0.3 is 0 Å². The van der Waals surface area contributed by atoms with Crippen LogP contribution in [0.15, 0.2) is 60.9 Å². The largest absolute Gasteiger partial charge is 0.437 e. The van der Waals surface area contributed by atoms with E-state index in [9.17, 15) is 4.79 Å². The highest BCUT2D eigenvalue weighted by Gasteiger charge is 2.45. The van der Waals surface area contributed by atoms with Gasteiger partial charge in [-0.25, -0.2) is 4.98 Å². The molecule has 182 valence electrons. The standard InChI is InChI=1S/C29H33N3O3/c1-21-9-11-24(12-10-21)29(13-18-34-19-14-29)28(33)32-17-5-7-23(20-32)26-27(31-16-15-30-26)35-25-8-4-3-6-22(25)2/h3-4,6,8-12,15-16,23H,5,7,13-14,17-20H2,1-2H3/t23-/m0/s1. The molecule has 0 saturated carbocycles. The Hall–Kier alpha value is -3.25. The molecule has 2 saturated heterocycles. The third kappa shape index (κ3) is 4.80. The van der Waals surface area contributed by atoms with Crippen LogP contribution in [0.1, 0.15) is 54.0 Å². The molecule has 0 radical (unpaired) electrons. The van der Waals surface area contributed by atoms with Crippen LogP contribution in [0.25, 0.3) is 0 Å². The van der Waals surface area contributed by atoms with Gasteiger partial charge in [0.15, 0.2) is 0 Å². The van der Waals surface area contributed by atoms with Crippen molar-refractivity contribution in [2.75, 3.05) is 26.3 Å². The average Bonchev–Trinajstić information content (AvgIpc) is 2.91. The molecule has 5 rings (SSSR count). The van der Waals surface area contributed by atoms with Gasteiger partial charge in [-0.1, -0.05) is 48.0 Å². The summed E-state index contributed by atoms with van der Waals surface area (Å²) in [5.74, 6) is 1.59. The van der Waals surface area contributed by atoms with Gasteiger partial charge < -0.3 is 14.4 Å². The van der Waals surface area contributed by atoms with Crippen molar-refractivity contribution in [3.63, 3.8) is 0 Å². The molecule has 1 aromatic heterocycles. The van der Waals surface area contributed by atoms with Gasteiger partial charge in [0.05, 0.1) is 5.41 Å². The van der Waals surface area contributed by atoms with Crippen LogP contribution >= 0.6 is 0 Å². The van der Waals surface area contributed by atoms with Crippen molar-refractivity contribution in [3.8, 4) is 11.6 Å². The summed E-state index contributed by atoms with van der Waals surface area (Å²) < 4.78 is 11.9. The van der Waals surface area contributed by atoms with Crippen molar-refractivity contribution in [2.45, 2.75) is 50.9 Å². The van der Waals surface area contributed by atoms with E-state index in [2.05, 4.69) is 41.2 Å².